The maximum atomic E-state index is 12.7. The summed E-state index contributed by atoms with van der Waals surface area (Å²) in [6.45, 7) is 5.93. The Hall–Kier alpha value is -1.74. The molecule has 1 atom stereocenters. The fourth-order valence-corrected chi connectivity index (χ4v) is 5.68. The minimum absolute atomic E-state index is 0.0103. The fourth-order valence-electron chi connectivity index (χ4n) is 3.39. The molecule has 1 amide bonds. The number of thiophene rings is 1. The number of benzene rings is 1. The number of likely N-dealkylation sites (N-methyl/N-ethyl adjacent to an activating group) is 1. The van der Waals surface area contributed by atoms with Gasteiger partial charge in [0.2, 0.25) is 10.0 Å². The van der Waals surface area contributed by atoms with Crippen LogP contribution in [0.25, 0.3) is 0 Å². The molecule has 1 aliphatic rings. The maximum absolute atomic E-state index is 12.7. The Labute approximate surface area is 171 Å². The number of piperazine rings is 1. The largest absolute Gasteiger partial charge is 0.335 e. The highest BCUT2D eigenvalue weighted by Gasteiger charge is 2.30. The predicted molar refractivity (Wildman–Crippen MR) is 112 cm³/mol. The van der Waals surface area contributed by atoms with Crippen molar-refractivity contribution in [2.45, 2.75) is 19.2 Å². The van der Waals surface area contributed by atoms with E-state index < -0.39 is 10.0 Å². The number of sulfonamides is 1. The van der Waals surface area contributed by atoms with Gasteiger partial charge in [0.25, 0.3) is 5.91 Å². The Bertz CT molecular complexity index is 846. The van der Waals surface area contributed by atoms with Gasteiger partial charge in [-0.2, -0.15) is 4.31 Å². The fraction of sp³-hybridized carbons (Fsp3) is 0.450. The minimum Gasteiger partial charge on any atom is -0.335 e. The van der Waals surface area contributed by atoms with Gasteiger partial charge in [-0.3, -0.25) is 4.79 Å². The summed E-state index contributed by atoms with van der Waals surface area (Å²) in [5.41, 5.74) is 0.789. The molecular weight excluding hydrogens is 394 g/mol. The van der Waals surface area contributed by atoms with Gasteiger partial charge in [0.1, 0.15) is 6.54 Å². The van der Waals surface area contributed by atoms with E-state index >= 15 is 0 Å². The van der Waals surface area contributed by atoms with Crippen LogP contribution in [-0.2, 0) is 27.1 Å². The highest BCUT2D eigenvalue weighted by molar-refractivity contribution is 7.88. The molecule has 0 aliphatic carbocycles. The lowest BCUT2D eigenvalue weighted by Gasteiger charge is -2.34. The van der Waals surface area contributed by atoms with Crippen LogP contribution >= 0.6 is 11.3 Å². The van der Waals surface area contributed by atoms with E-state index in [1.165, 1.54) is 14.1 Å². The molecule has 1 aliphatic heterocycles. The molecule has 1 saturated heterocycles. The van der Waals surface area contributed by atoms with Gasteiger partial charge in [0, 0.05) is 26.2 Å². The highest BCUT2D eigenvalue weighted by atomic mass is 32.2. The van der Waals surface area contributed by atoms with Crippen LogP contribution in [0.5, 0.6) is 0 Å². The molecule has 3 rings (SSSR count). The summed E-state index contributed by atoms with van der Waals surface area (Å²) in [5.74, 6) is 0.115. The molecule has 28 heavy (non-hydrogen) atoms. The van der Waals surface area contributed by atoms with Crippen molar-refractivity contribution in [2.75, 3.05) is 39.3 Å². The second-order valence-corrected chi connectivity index (χ2v) is 10.1. The smallest absolute Gasteiger partial charge is 0.277 e. The molecule has 8 heteroatoms. The van der Waals surface area contributed by atoms with Gasteiger partial charge in [-0.1, -0.05) is 36.4 Å². The molecule has 2 heterocycles. The Morgan fingerprint density at radius 3 is 2.39 bits per heavy atom. The zero-order chi connectivity index (χ0) is 20.0. The van der Waals surface area contributed by atoms with Crippen molar-refractivity contribution in [3.63, 3.8) is 0 Å². The first-order valence-electron chi connectivity index (χ1n) is 9.63. The van der Waals surface area contributed by atoms with Gasteiger partial charge >= 0.3 is 0 Å². The standard InChI is InChI=1S/C20H27N3O3S2/c1-2-21(15-19-9-6-14-27-19)16-20(24)22-10-12-23(13-11-22)28(25,26)17-18-7-4-3-5-8-18/h3-9,14H,2,10-13,15-17H2,1H3/p+1. The van der Waals surface area contributed by atoms with Crippen molar-refractivity contribution in [1.29, 1.82) is 0 Å². The first-order chi connectivity index (χ1) is 13.5. The van der Waals surface area contributed by atoms with Crippen LogP contribution in [0.15, 0.2) is 47.8 Å². The van der Waals surface area contributed by atoms with E-state index in [2.05, 4.69) is 18.4 Å². The van der Waals surface area contributed by atoms with Crippen molar-refractivity contribution in [1.82, 2.24) is 9.21 Å². The lowest BCUT2D eigenvalue weighted by molar-refractivity contribution is -0.904. The normalized spacial score (nSPS) is 16.8. The van der Waals surface area contributed by atoms with Gasteiger partial charge in [-0.15, -0.1) is 11.3 Å². The highest BCUT2D eigenvalue weighted by Crippen LogP contribution is 2.13. The summed E-state index contributed by atoms with van der Waals surface area (Å²) in [6, 6.07) is 13.4. The number of hydrogen-bond acceptors (Lipinski definition) is 4. The molecule has 1 aromatic carbocycles. The van der Waals surface area contributed by atoms with Crippen molar-refractivity contribution in [3.8, 4) is 0 Å². The van der Waals surface area contributed by atoms with Crippen LogP contribution in [0.1, 0.15) is 17.4 Å². The van der Waals surface area contributed by atoms with Crippen molar-refractivity contribution < 1.29 is 18.1 Å². The predicted octanol–water partition coefficient (Wildman–Crippen LogP) is 0.827. The number of carbonyl (C=O) groups is 1. The number of nitrogens with zero attached hydrogens (tertiary/aromatic N) is 2. The number of carbonyl (C=O) groups excluding carboxylic acids is 1. The summed E-state index contributed by atoms with van der Waals surface area (Å²) in [5, 5.41) is 2.06. The van der Waals surface area contributed by atoms with Crippen molar-refractivity contribution in [3.05, 3.63) is 58.3 Å². The van der Waals surface area contributed by atoms with Crippen molar-refractivity contribution >= 4 is 27.3 Å². The number of amides is 1. The summed E-state index contributed by atoms with van der Waals surface area (Å²) in [7, 11) is -3.36. The number of nitrogens with one attached hydrogen (secondary N) is 1. The molecular formula is C20H28N3O3S2+. The van der Waals surface area contributed by atoms with Crippen LogP contribution in [0, 0.1) is 0 Å². The molecule has 1 aromatic heterocycles. The third-order valence-electron chi connectivity index (χ3n) is 5.08. The third kappa shape index (κ3) is 5.64. The van der Waals surface area contributed by atoms with Crippen LogP contribution in [0.4, 0.5) is 0 Å². The van der Waals surface area contributed by atoms with Crippen LogP contribution in [-0.4, -0.2) is 62.8 Å². The van der Waals surface area contributed by atoms with Crippen molar-refractivity contribution in [2.24, 2.45) is 0 Å². The summed E-state index contributed by atoms with van der Waals surface area (Å²) in [6.07, 6.45) is 0. The average molecular weight is 423 g/mol. The van der Waals surface area contributed by atoms with E-state index in [-0.39, 0.29) is 11.7 Å². The Kier molecular flexibility index (Phi) is 7.23. The molecule has 1 fully saturated rings. The van der Waals surface area contributed by atoms with E-state index in [4.69, 9.17) is 0 Å². The lowest BCUT2D eigenvalue weighted by atomic mass is 10.2. The number of quaternary nitrogens is 1. The van der Waals surface area contributed by atoms with E-state index in [1.54, 1.807) is 16.2 Å². The maximum Gasteiger partial charge on any atom is 0.277 e. The Morgan fingerprint density at radius 1 is 1.07 bits per heavy atom. The Balaban J connectivity index is 1.50. The molecule has 0 spiro atoms. The first-order valence-corrected chi connectivity index (χ1v) is 12.1. The zero-order valence-corrected chi connectivity index (χ0v) is 17.8. The molecule has 0 bridgehead atoms. The summed E-state index contributed by atoms with van der Waals surface area (Å²) < 4.78 is 26.8. The zero-order valence-electron chi connectivity index (χ0n) is 16.2. The lowest BCUT2D eigenvalue weighted by Crippen LogP contribution is -3.11. The van der Waals surface area contributed by atoms with Gasteiger partial charge in [0.05, 0.1) is 17.2 Å². The molecule has 0 saturated carbocycles. The minimum atomic E-state index is -3.36. The summed E-state index contributed by atoms with van der Waals surface area (Å²) in [4.78, 5) is 17.0. The molecule has 6 nitrogen and oxygen atoms in total. The van der Waals surface area contributed by atoms with Crippen LogP contribution < -0.4 is 4.90 Å². The molecule has 2 aromatic rings. The Morgan fingerprint density at radius 2 is 1.79 bits per heavy atom. The SMILES string of the molecule is CC[NH+](CC(=O)N1CCN(S(=O)(=O)Cc2ccccc2)CC1)Cc1cccs1. The number of rotatable bonds is 8. The topological polar surface area (TPSA) is 62.1 Å². The van der Waals surface area contributed by atoms with Crippen LogP contribution in [0.2, 0.25) is 0 Å². The molecule has 1 unspecified atom stereocenters. The third-order valence-corrected chi connectivity index (χ3v) is 7.81. The average Bonchev–Trinajstić information content (AvgIpc) is 3.21. The molecule has 0 radical (unpaired) electrons. The molecule has 1 N–H and O–H groups in total. The van der Waals surface area contributed by atoms with Crippen LogP contribution in [0.3, 0.4) is 0 Å². The molecule has 152 valence electrons. The van der Waals surface area contributed by atoms with E-state index in [0.717, 1.165) is 18.7 Å². The number of hydrogen-bond donors (Lipinski definition) is 1. The first kappa shape index (κ1) is 21.0. The van der Waals surface area contributed by atoms with Gasteiger partial charge < -0.3 is 9.80 Å². The van der Waals surface area contributed by atoms with Gasteiger partial charge in [-0.25, -0.2) is 8.42 Å². The van der Waals surface area contributed by atoms with E-state index in [9.17, 15) is 13.2 Å². The second kappa shape index (κ2) is 9.65. The summed E-state index contributed by atoms with van der Waals surface area (Å²) >= 11 is 1.71. The second-order valence-electron chi connectivity index (χ2n) is 7.06. The van der Waals surface area contributed by atoms with E-state index in [1.807, 2.05) is 36.4 Å². The van der Waals surface area contributed by atoms with E-state index in [0.29, 0.717) is 32.7 Å². The van der Waals surface area contributed by atoms with Gasteiger partial charge in [0.15, 0.2) is 6.54 Å². The monoisotopic (exact) mass is 422 g/mol. The quantitative estimate of drug-likeness (QED) is 0.685. The van der Waals surface area contributed by atoms with Gasteiger partial charge in [-0.05, 0) is 23.9 Å².